The average molecular weight is 312 g/mol. The van der Waals surface area contributed by atoms with Crippen LogP contribution in [0.15, 0.2) is 17.7 Å². The van der Waals surface area contributed by atoms with Gasteiger partial charge in [-0.1, -0.05) is 45.8 Å². The quantitative estimate of drug-likeness (QED) is 0.631. The zero-order chi connectivity index (χ0) is 16.6. The van der Waals surface area contributed by atoms with E-state index in [-0.39, 0.29) is 22.3 Å². The highest BCUT2D eigenvalue weighted by atomic mass is 16.3. The SMILES string of the molecule is CC1(C)CCC[C@]2(C)C3=Cc4cc(O)c(O)cc4[C@]3(C)CC[C@@H]12. The number of phenols is 2. The molecule has 0 radical (unpaired) electrons. The maximum absolute atomic E-state index is 9.99. The molecule has 0 spiro atoms. The van der Waals surface area contributed by atoms with Gasteiger partial charge < -0.3 is 10.2 Å². The molecule has 124 valence electrons. The number of aromatic hydroxyl groups is 2. The van der Waals surface area contributed by atoms with Gasteiger partial charge in [0.2, 0.25) is 0 Å². The molecule has 2 fully saturated rings. The lowest BCUT2D eigenvalue weighted by Crippen LogP contribution is -2.50. The second-order valence-corrected chi connectivity index (χ2v) is 9.17. The minimum absolute atomic E-state index is 0.00600. The monoisotopic (exact) mass is 312 g/mol. The Kier molecular flexibility index (Phi) is 2.85. The van der Waals surface area contributed by atoms with Crippen LogP contribution in [0.25, 0.3) is 6.08 Å². The Morgan fingerprint density at radius 2 is 1.65 bits per heavy atom. The molecule has 1 aromatic carbocycles. The van der Waals surface area contributed by atoms with Crippen molar-refractivity contribution in [1.29, 1.82) is 0 Å². The van der Waals surface area contributed by atoms with Gasteiger partial charge in [0.05, 0.1) is 0 Å². The normalized spacial score (nSPS) is 37.6. The summed E-state index contributed by atoms with van der Waals surface area (Å²) in [4.78, 5) is 0. The molecule has 2 saturated carbocycles. The molecule has 23 heavy (non-hydrogen) atoms. The Morgan fingerprint density at radius 1 is 0.957 bits per heavy atom. The molecule has 0 bridgehead atoms. The van der Waals surface area contributed by atoms with E-state index < -0.39 is 0 Å². The van der Waals surface area contributed by atoms with Crippen molar-refractivity contribution in [3.63, 3.8) is 0 Å². The topological polar surface area (TPSA) is 40.5 Å². The van der Waals surface area contributed by atoms with Crippen molar-refractivity contribution in [3.8, 4) is 11.5 Å². The highest BCUT2D eigenvalue weighted by molar-refractivity contribution is 5.74. The van der Waals surface area contributed by atoms with Gasteiger partial charge in [0, 0.05) is 5.41 Å². The van der Waals surface area contributed by atoms with Gasteiger partial charge in [-0.25, -0.2) is 0 Å². The van der Waals surface area contributed by atoms with Gasteiger partial charge in [-0.05, 0) is 65.7 Å². The Labute approximate surface area is 139 Å². The largest absolute Gasteiger partial charge is 0.504 e. The predicted octanol–water partition coefficient (Wildman–Crippen LogP) is 5.38. The summed E-state index contributed by atoms with van der Waals surface area (Å²) in [5.41, 5.74) is 4.48. The van der Waals surface area contributed by atoms with Crippen LogP contribution in [0.1, 0.15) is 70.9 Å². The minimum atomic E-state index is -0.00600. The summed E-state index contributed by atoms with van der Waals surface area (Å²) < 4.78 is 0. The summed E-state index contributed by atoms with van der Waals surface area (Å²) in [6.45, 7) is 9.69. The van der Waals surface area contributed by atoms with E-state index in [2.05, 4.69) is 33.8 Å². The molecular weight excluding hydrogens is 284 g/mol. The molecule has 0 heterocycles. The van der Waals surface area contributed by atoms with Gasteiger partial charge in [-0.15, -0.1) is 0 Å². The van der Waals surface area contributed by atoms with Crippen molar-refractivity contribution in [2.75, 3.05) is 0 Å². The second-order valence-electron chi connectivity index (χ2n) is 9.17. The first-order chi connectivity index (χ1) is 10.7. The van der Waals surface area contributed by atoms with Crippen LogP contribution >= 0.6 is 0 Å². The van der Waals surface area contributed by atoms with Crippen LogP contribution in [0, 0.1) is 16.7 Å². The standard InChI is InChI=1S/C21H28O2/c1-19(2)7-5-8-21(4)17(19)6-9-20(3)14-12-16(23)15(22)10-13(14)11-18(20)21/h10-12,17,22-23H,5-9H2,1-4H3/t17-,20-,21-/m0/s1. The van der Waals surface area contributed by atoms with Crippen LogP contribution in [-0.4, -0.2) is 10.2 Å². The van der Waals surface area contributed by atoms with Gasteiger partial charge in [0.25, 0.3) is 0 Å². The van der Waals surface area contributed by atoms with E-state index >= 15 is 0 Å². The highest BCUT2D eigenvalue weighted by Crippen LogP contribution is 2.67. The van der Waals surface area contributed by atoms with Crippen molar-refractivity contribution in [2.24, 2.45) is 16.7 Å². The smallest absolute Gasteiger partial charge is 0.158 e. The molecule has 3 atom stereocenters. The Bertz CT molecular complexity index is 715. The number of hydrogen-bond donors (Lipinski definition) is 2. The number of rotatable bonds is 0. The number of hydrogen-bond acceptors (Lipinski definition) is 2. The number of benzene rings is 1. The third kappa shape index (κ3) is 1.81. The summed E-state index contributed by atoms with van der Waals surface area (Å²) in [7, 11) is 0. The van der Waals surface area contributed by atoms with Crippen LogP contribution in [-0.2, 0) is 5.41 Å². The fourth-order valence-electron chi connectivity index (χ4n) is 6.30. The van der Waals surface area contributed by atoms with Crippen LogP contribution < -0.4 is 0 Å². The Hall–Kier alpha value is -1.44. The maximum atomic E-state index is 9.99. The lowest BCUT2D eigenvalue weighted by Gasteiger charge is -2.58. The zero-order valence-corrected chi connectivity index (χ0v) is 14.7. The molecule has 0 unspecified atom stereocenters. The molecule has 4 rings (SSSR count). The first-order valence-corrected chi connectivity index (χ1v) is 8.98. The molecule has 0 amide bonds. The van der Waals surface area contributed by atoms with E-state index in [1.807, 2.05) is 0 Å². The second kappa shape index (κ2) is 4.34. The molecule has 1 aromatic rings. The molecule has 0 aromatic heterocycles. The van der Waals surface area contributed by atoms with E-state index in [1.165, 1.54) is 36.8 Å². The Morgan fingerprint density at radius 3 is 2.39 bits per heavy atom. The number of allylic oxidation sites excluding steroid dienone is 1. The van der Waals surface area contributed by atoms with Crippen LogP contribution in [0.3, 0.4) is 0 Å². The third-order valence-electron chi connectivity index (χ3n) is 7.41. The van der Waals surface area contributed by atoms with Gasteiger partial charge in [-0.2, -0.15) is 0 Å². The van der Waals surface area contributed by atoms with Crippen molar-refractivity contribution in [1.82, 2.24) is 0 Å². The number of phenolic OH excluding ortho intramolecular Hbond substituents is 2. The average Bonchev–Trinajstić information content (AvgIpc) is 2.73. The molecule has 3 aliphatic carbocycles. The summed E-state index contributed by atoms with van der Waals surface area (Å²) >= 11 is 0. The fraction of sp³-hybridized carbons (Fsp3) is 0.619. The fourth-order valence-corrected chi connectivity index (χ4v) is 6.30. The maximum Gasteiger partial charge on any atom is 0.158 e. The Balaban J connectivity index is 1.88. The van der Waals surface area contributed by atoms with Gasteiger partial charge >= 0.3 is 0 Å². The van der Waals surface area contributed by atoms with E-state index in [4.69, 9.17) is 0 Å². The summed E-state index contributed by atoms with van der Waals surface area (Å²) in [6.07, 6.45) is 8.58. The van der Waals surface area contributed by atoms with E-state index in [9.17, 15) is 10.2 Å². The third-order valence-corrected chi connectivity index (χ3v) is 7.41. The van der Waals surface area contributed by atoms with E-state index in [0.717, 1.165) is 17.9 Å². The van der Waals surface area contributed by atoms with Crippen LogP contribution in [0.5, 0.6) is 11.5 Å². The summed E-state index contributed by atoms with van der Waals surface area (Å²) in [6, 6.07) is 3.54. The van der Waals surface area contributed by atoms with Crippen molar-refractivity contribution >= 4 is 6.08 Å². The molecule has 3 aliphatic rings. The highest BCUT2D eigenvalue weighted by Gasteiger charge is 2.57. The summed E-state index contributed by atoms with van der Waals surface area (Å²) in [5.74, 6) is 0.726. The molecule has 2 N–H and O–H groups in total. The minimum Gasteiger partial charge on any atom is -0.504 e. The number of fused-ring (bicyclic) bond motifs is 5. The predicted molar refractivity (Wildman–Crippen MR) is 93.6 cm³/mol. The molecule has 0 aliphatic heterocycles. The van der Waals surface area contributed by atoms with Gasteiger partial charge in [-0.3, -0.25) is 0 Å². The first-order valence-electron chi connectivity index (χ1n) is 8.98. The van der Waals surface area contributed by atoms with Crippen LogP contribution in [0.2, 0.25) is 0 Å². The lowest BCUT2D eigenvalue weighted by molar-refractivity contribution is -0.0102. The van der Waals surface area contributed by atoms with Crippen molar-refractivity contribution in [3.05, 3.63) is 28.8 Å². The first kappa shape index (κ1) is 15.1. The van der Waals surface area contributed by atoms with Crippen LogP contribution in [0.4, 0.5) is 0 Å². The molecule has 0 saturated heterocycles. The molecule has 2 heteroatoms. The van der Waals surface area contributed by atoms with Gasteiger partial charge in [0.1, 0.15) is 0 Å². The zero-order valence-electron chi connectivity index (χ0n) is 14.7. The molecular formula is C21H28O2. The summed E-state index contributed by atoms with van der Waals surface area (Å²) in [5, 5.41) is 19.9. The van der Waals surface area contributed by atoms with Crippen molar-refractivity contribution < 1.29 is 10.2 Å². The van der Waals surface area contributed by atoms with Gasteiger partial charge in [0.15, 0.2) is 11.5 Å². The van der Waals surface area contributed by atoms with E-state index in [1.54, 1.807) is 12.1 Å². The molecule has 2 nitrogen and oxygen atoms in total. The van der Waals surface area contributed by atoms with E-state index in [0.29, 0.717) is 5.41 Å². The van der Waals surface area contributed by atoms with Crippen molar-refractivity contribution in [2.45, 2.75) is 65.2 Å². The lowest BCUT2D eigenvalue weighted by atomic mass is 9.46.